The van der Waals surface area contributed by atoms with Gasteiger partial charge in [-0.1, -0.05) is 12.1 Å². The molecule has 1 aromatic carbocycles. The SMILES string of the molecule is CN1CC(=O)N(c2cnn(C)c2)C[C@@]12CCN(C(=O)Cc1cccc(F)c1)C2. The molecular formula is C20H24FN5O2. The number of aryl methyl sites for hydroxylation is 1. The number of aromatic nitrogens is 2. The van der Waals surface area contributed by atoms with Crippen molar-refractivity contribution in [2.75, 3.05) is 38.1 Å². The largest absolute Gasteiger partial charge is 0.340 e. The first-order valence-electron chi connectivity index (χ1n) is 9.39. The van der Waals surface area contributed by atoms with Crippen molar-refractivity contribution in [1.82, 2.24) is 19.6 Å². The van der Waals surface area contributed by atoms with Crippen molar-refractivity contribution in [3.8, 4) is 0 Å². The second-order valence-corrected chi connectivity index (χ2v) is 7.80. The molecule has 1 spiro atoms. The summed E-state index contributed by atoms with van der Waals surface area (Å²) in [7, 11) is 3.77. The van der Waals surface area contributed by atoms with Crippen molar-refractivity contribution >= 4 is 17.5 Å². The lowest BCUT2D eigenvalue weighted by molar-refractivity contribution is -0.130. The van der Waals surface area contributed by atoms with Crippen molar-refractivity contribution < 1.29 is 14.0 Å². The van der Waals surface area contributed by atoms with E-state index in [2.05, 4.69) is 10.00 Å². The molecule has 7 nitrogen and oxygen atoms in total. The number of anilines is 1. The number of halogens is 1. The summed E-state index contributed by atoms with van der Waals surface area (Å²) >= 11 is 0. The van der Waals surface area contributed by atoms with Crippen LogP contribution >= 0.6 is 0 Å². The van der Waals surface area contributed by atoms with Gasteiger partial charge in [0.15, 0.2) is 0 Å². The van der Waals surface area contributed by atoms with E-state index in [1.807, 2.05) is 25.2 Å². The van der Waals surface area contributed by atoms with Gasteiger partial charge in [-0.2, -0.15) is 5.10 Å². The zero-order chi connectivity index (χ0) is 19.9. The molecule has 2 aromatic rings. The standard InChI is InChI=1S/C20H24FN5O2/c1-23-12-19(28)26(17-10-22-24(2)11-17)14-20(23)6-7-25(13-20)18(27)9-15-4-3-5-16(21)8-15/h3-5,8,10-11H,6-7,9,12-14H2,1-2H3/t20-/m0/s1. The van der Waals surface area contributed by atoms with Gasteiger partial charge in [0.05, 0.1) is 30.4 Å². The Hall–Kier alpha value is -2.74. The van der Waals surface area contributed by atoms with Gasteiger partial charge in [0.25, 0.3) is 0 Å². The maximum atomic E-state index is 13.4. The van der Waals surface area contributed by atoms with Gasteiger partial charge >= 0.3 is 0 Å². The van der Waals surface area contributed by atoms with E-state index in [0.717, 1.165) is 12.1 Å². The molecule has 148 valence electrons. The second kappa shape index (κ2) is 7.01. The Bertz CT molecular complexity index is 914. The van der Waals surface area contributed by atoms with Crippen LogP contribution in [0.2, 0.25) is 0 Å². The average Bonchev–Trinajstić information content (AvgIpc) is 3.26. The lowest BCUT2D eigenvalue weighted by Gasteiger charge is -2.46. The van der Waals surface area contributed by atoms with Gasteiger partial charge in [0, 0.05) is 32.9 Å². The van der Waals surface area contributed by atoms with E-state index in [4.69, 9.17) is 0 Å². The Labute approximate surface area is 163 Å². The first kappa shape index (κ1) is 18.6. The van der Waals surface area contributed by atoms with E-state index in [1.54, 1.807) is 27.9 Å². The zero-order valence-electron chi connectivity index (χ0n) is 16.1. The van der Waals surface area contributed by atoms with Gasteiger partial charge in [-0.05, 0) is 31.2 Å². The number of rotatable bonds is 3. The number of amides is 2. The summed E-state index contributed by atoms with van der Waals surface area (Å²) in [5.41, 5.74) is 1.18. The normalized spacial score (nSPS) is 23.0. The summed E-state index contributed by atoms with van der Waals surface area (Å²) in [4.78, 5) is 31.0. The Kier molecular flexibility index (Phi) is 4.66. The van der Waals surface area contributed by atoms with E-state index in [9.17, 15) is 14.0 Å². The highest BCUT2D eigenvalue weighted by Gasteiger charge is 2.48. The van der Waals surface area contributed by atoms with E-state index < -0.39 is 0 Å². The summed E-state index contributed by atoms with van der Waals surface area (Å²) in [6.07, 6.45) is 4.50. The van der Waals surface area contributed by atoms with E-state index in [0.29, 0.717) is 31.7 Å². The molecule has 2 aliphatic rings. The molecule has 0 N–H and O–H groups in total. The molecule has 1 aromatic heterocycles. The van der Waals surface area contributed by atoms with Crippen molar-refractivity contribution in [3.05, 3.63) is 48.0 Å². The quantitative estimate of drug-likeness (QED) is 0.793. The zero-order valence-corrected chi connectivity index (χ0v) is 16.1. The molecule has 28 heavy (non-hydrogen) atoms. The van der Waals surface area contributed by atoms with Crippen molar-refractivity contribution in [1.29, 1.82) is 0 Å². The average molecular weight is 385 g/mol. The molecule has 0 unspecified atom stereocenters. The van der Waals surface area contributed by atoms with Crippen LogP contribution < -0.4 is 4.90 Å². The number of carbonyl (C=O) groups is 2. The summed E-state index contributed by atoms with van der Waals surface area (Å²) in [5.74, 6) is -0.313. The first-order chi connectivity index (χ1) is 13.4. The van der Waals surface area contributed by atoms with Gasteiger partial charge in [-0.3, -0.25) is 19.2 Å². The van der Waals surface area contributed by atoms with Crippen LogP contribution in [0.1, 0.15) is 12.0 Å². The van der Waals surface area contributed by atoms with Crippen LogP contribution in [0.25, 0.3) is 0 Å². The summed E-state index contributed by atoms with van der Waals surface area (Å²) < 4.78 is 15.1. The molecular weight excluding hydrogens is 361 g/mol. The summed E-state index contributed by atoms with van der Waals surface area (Å²) in [6.45, 7) is 2.02. The van der Waals surface area contributed by atoms with Gasteiger partial charge in [-0.25, -0.2) is 4.39 Å². The highest BCUT2D eigenvalue weighted by molar-refractivity contribution is 5.95. The highest BCUT2D eigenvalue weighted by atomic mass is 19.1. The third-order valence-corrected chi connectivity index (χ3v) is 5.87. The number of hydrogen-bond acceptors (Lipinski definition) is 4. The molecule has 2 fully saturated rings. The number of hydrogen-bond donors (Lipinski definition) is 0. The predicted molar refractivity (Wildman–Crippen MR) is 102 cm³/mol. The number of likely N-dealkylation sites (tertiary alicyclic amines) is 1. The van der Waals surface area contributed by atoms with Gasteiger partial charge in [0.2, 0.25) is 11.8 Å². The van der Waals surface area contributed by atoms with Crippen molar-refractivity contribution in [2.45, 2.75) is 18.4 Å². The molecule has 0 bridgehead atoms. The number of carbonyl (C=O) groups excluding carboxylic acids is 2. The van der Waals surface area contributed by atoms with Crippen LogP contribution in [0.4, 0.5) is 10.1 Å². The lowest BCUT2D eigenvalue weighted by atomic mass is 9.93. The summed E-state index contributed by atoms with van der Waals surface area (Å²) in [5, 5.41) is 4.17. The molecule has 0 saturated carbocycles. The molecule has 3 heterocycles. The molecule has 2 amide bonds. The maximum absolute atomic E-state index is 13.4. The van der Waals surface area contributed by atoms with Gasteiger partial charge in [-0.15, -0.1) is 0 Å². The van der Waals surface area contributed by atoms with E-state index >= 15 is 0 Å². The number of benzene rings is 1. The van der Waals surface area contributed by atoms with E-state index in [-0.39, 0.29) is 29.6 Å². The fraction of sp³-hybridized carbons (Fsp3) is 0.450. The molecule has 0 aliphatic carbocycles. The minimum atomic E-state index is -0.333. The van der Waals surface area contributed by atoms with Gasteiger partial charge in [0.1, 0.15) is 5.82 Å². The Balaban J connectivity index is 1.49. The topological polar surface area (TPSA) is 61.7 Å². The first-order valence-corrected chi connectivity index (χ1v) is 9.39. The minimum Gasteiger partial charge on any atom is -0.340 e. The minimum absolute atomic E-state index is 0.0132. The Morgan fingerprint density at radius 3 is 2.82 bits per heavy atom. The van der Waals surface area contributed by atoms with Crippen LogP contribution in [0.5, 0.6) is 0 Å². The third-order valence-electron chi connectivity index (χ3n) is 5.87. The van der Waals surface area contributed by atoms with Gasteiger partial charge < -0.3 is 9.80 Å². The van der Waals surface area contributed by atoms with Crippen molar-refractivity contribution in [3.63, 3.8) is 0 Å². The molecule has 4 rings (SSSR count). The monoisotopic (exact) mass is 385 g/mol. The molecule has 8 heteroatoms. The number of nitrogens with zero attached hydrogens (tertiary/aromatic N) is 5. The lowest BCUT2D eigenvalue weighted by Crippen LogP contribution is -2.64. The fourth-order valence-corrected chi connectivity index (χ4v) is 4.19. The predicted octanol–water partition coefficient (Wildman–Crippen LogP) is 1.05. The number of piperazine rings is 1. The van der Waals surface area contributed by atoms with Crippen LogP contribution in [-0.4, -0.2) is 70.2 Å². The Morgan fingerprint density at radius 2 is 2.11 bits per heavy atom. The third kappa shape index (κ3) is 3.40. The molecule has 1 atom stereocenters. The molecule has 0 radical (unpaired) electrons. The summed E-state index contributed by atoms with van der Waals surface area (Å²) in [6, 6.07) is 6.16. The van der Waals surface area contributed by atoms with Crippen molar-refractivity contribution in [2.24, 2.45) is 7.05 Å². The molecule has 2 saturated heterocycles. The van der Waals surface area contributed by atoms with Crippen LogP contribution in [-0.2, 0) is 23.1 Å². The van der Waals surface area contributed by atoms with Crippen LogP contribution in [0, 0.1) is 5.82 Å². The number of likely N-dealkylation sites (N-methyl/N-ethyl adjacent to an activating group) is 1. The van der Waals surface area contributed by atoms with E-state index in [1.165, 1.54) is 12.1 Å². The fourth-order valence-electron chi connectivity index (χ4n) is 4.19. The second-order valence-electron chi connectivity index (χ2n) is 7.80. The smallest absolute Gasteiger partial charge is 0.241 e. The van der Waals surface area contributed by atoms with Crippen LogP contribution in [0.15, 0.2) is 36.7 Å². The maximum Gasteiger partial charge on any atom is 0.241 e. The van der Waals surface area contributed by atoms with Crippen LogP contribution in [0.3, 0.4) is 0 Å². The Morgan fingerprint density at radius 1 is 1.29 bits per heavy atom. The highest BCUT2D eigenvalue weighted by Crippen LogP contribution is 2.33. The molecule has 2 aliphatic heterocycles.